The number of rotatable bonds is 5. The molecule has 7 heteroatoms. The second kappa shape index (κ2) is 8.54. The normalized spacial score (nSPS) is 25.1. The molecule has 3 aliphatic rings. The van der Waals surface area contributed by atoms with Gasteiger partial charge in [-0.05, 0) is 56.9 Å². The fourth-order valence-electron chi connectivity index (χ4n) is 5.32. The summed E-state index contributed by atoms with van der Waals surface area (Å²) in [6.07, 6.45) is 5.50. The fourth-order valence-corrected chi connectivity index (χ4v) is 5.32. The Labute approximate surface area is 190 Å². The maximum atomic E-state index is 11.6. The lowest BCUT2D eigenvalue weighted by molar-refractivity contribution is -0.0167. The molecule has 2 N–H and O–H groups in total. The van der Waals surface area contributed by atoms with Crippen LogP contribution in [-0.2, 0) is 16.0 Å². The molecule has 1 aliphatic carbocycles. The number of ether oxygens (including phenoxy) is 2. The van der Waals surface area contributed by atoms with Crippen molar-refractivity contribution in [3.8, 4) is 0 Å². The molecule has 172 valence electrons. The van der Waals surface area contributed by atoms with E-state index in [1.165, 1.54) is 0 Å². The molecule has 7 nitrogen and oxygen atoms in total. The van der Waals surface area contributed by atoms with Gasteiger partial charge in [-0.1, -0.05) is 6.07 Å². The Morgan fingerprint density at radius 3 is 2.66 bits per heavy atom. The molecule has 1 aromatic carbocycles. The zero-order chi connectivity index (χ0) is 22.3. The Bertz CT molecular complexity index is 954. The molecule has 0 radical (unpaired) electrons. The minimum absolute atomic E-state index is 0.0929. The average molecular weight is 439 g/mol. The van der Waals surface area contributed by atoms with Crippen molar-refractivity contribution in [2.75, 3.05) is 42.4 Å². The van der Waals surface area contributed by atoms with E-state index >= 15 is 0 Å². The van der Waals surface area contributed by atoms with E-state index in [0.29, 0.717) is 12.6 Å². The highest BCUT2D eigenvalue weighted by Gasteiger charge is 2.40. The van der Waals surface area contributed by atoms with Crippen LogP contribution < -0.4 is 15.1 Å². The second-order valence-electron chi connectivity index (χ2n) is 9.66. The Hall–Kier alpha value is -2.35. The zero-order valence-electron chi connectivity index (χ0n) is 19.3. The van der Waals surface area contributed by atoms with Gasteiger partial charge >= 0.3 is 0 Å². The summed E-state index contributed by atoms with van der Waals surface area (Å²) in [4.78, 5) is 9.04. The lowest BCUT2D eigenvalue weighted by Crippen LogP contribution is -2.61. The van der Waals surface area contributed by atoms with E-state index in [4.69, 9.17) is 9.47 Å². The first-order valence-electron chi connectivity index (χ1n) is 11.6. The molecule has 3 heterocycles. The SMILES string of the molecule is COC1(C)CN(c2ccc3c(c2)N(C(O)[C@H]2CC[C@H](OC)CC2)Cc2cccnc2N3)C1. The molecule has 0 amide bonds. The van der Waals surface area contributed by atoms with Gasteiger partial charge in [-0.15, -0.1) is 0 Å². The topological polar surface area (TPSA) is 70.1 Å². The predicted molar refractivity (Wildman–Crippen MR) is 127 cm³/mol. The zero-order valence-corrected chi connectivity index (χ0v) is 19.3. The number of benzene rings is 1. The highest BCUT2D eigenvalue weighted by molar-refractivity contribution is 5.81. The molecular weight excluding hydrogens is 404 g/mol. The number of pyridine rings is 1. The van der Waals surface area contributed by atoms with Crippen LogP contribution in [0.3, 0.4) is 0 Å². The van der Waals surface area contributed by atoms with Gasteiger partial charge in [0.15, 0.2) is 0 Å². The Morgan fingerprint density at radius 2 is 1.94 bits per heavy atom. The van der Waals surface area contributed by atoms with Gasteiger partial charge in [0.05, 0.1) is 23.1 Å². The summed E-state index contributed by atoms with van der Waals surface area (Å²) in [5.74, 6) is 1.08. The lowest BCUT2D eigenvalue weighted by Gasteiger charge is -2.48. The van der Waals surface area contributed by atoms with Gasteiger partial charge in [-0.2, -0.15) is 0 Å². The van der Waals surface area contributed by atoms with E-state index in [2.05, 4.69) is 51.3 Å². The standard InChI is InChI=1S/C25H34N4O3/c1-25(32-3)15-28(16-25)19-8-11-21-22(13-19)29(14-18-5-4-12-26-23(18)27-21)24(30)17-6-9-20(31-2)10-7-17/h4-5,8,11-13,17,20,24,30H,6-7,9-10,14-16H2,1-3H3,(H,26,27)/t17-,20-,24?. The van der Waals surface area contributed by atoms with Gasteiger partial charge in [0.1, 0.15) is 12.0 Å². The Morgan fingerprint density at radius 1 is 1.16 bits per heavy atom. The summed E-state index contributed by atoms with van der Waals surface area (Å²) in [6.45, 7) is 4.49. The third-order valence-corrected chi connectivity index (χ3v) is 7.48. The summed E-state index contributed by atoms with van der Waals surface area (Å²) in [7, 11) is 3.56. The molecule has 0 bridgehead atoms. The van der Waals surface area contributed by atoms with E-state index in [1.807, 2.05) is 12.3 Å². The first-order valence-corrected chi connectivity index (χ1v) is 11.6. The average Bonchev–Trinajstić information content (AvgIpc) is 2.98. The number of hydrogen-bond acceptors (Lipinski definition) is 7. The number of nitrogens with zero attached hydrogens (tertiary/aromatic N) is 3. The van der Waals surface area contributed by atoms with E-state index in [1.54, 1.807) is 14.2 Å². The minimum Gasteiger partial charge on any atom is -0.381 e. The van der Waals surface area contributed by atoms with E-state index < -0.39 is 6.23 Å². The number of methoxy groups -OCH3 is 2. The molecule has 2 aromatic rings. The van der Waals surface area contributed by atoms with Crippen LogP contribution in [-0.4, -0.2) is 55.3 Å². The van der Waals surface area contributed by atoms with Crippen LogP contribution in [0.5, 0.6) is 0 Å². The van der Waals surface area contributed by atoms with Gasteiger partial charge in [0.25, 0.3) is 0 Å². The van der Waals surface area contributed by atoms with Crippen molar-refractivity contribution in [1.82, 2.24) is 4.98 Å². The third kappa shape index (κ3) is 3.93. The molecule has 5 rings (SSSR count). The molecule has 1 unspecified atom stereocenters. The largest absolute Gasteiger partial charge is 0.381 e. The Balaban J connectivity index is 1.46. The van der Waals surface area contributed by atoms with Crippen LogP contribution in [0.15, 0.2) is 36.5 Å². The summed E-state index contributed by atoms with van der Waals surface area (Å²) in [5, 5.41) is 15.1. The molecule has 2 aliphatic heterocycles. The van der Waals surface area contributed by atoms with E-state index in [9.17, 15) is 5.11 Å². The van der Waals surface area contributed by atoms with Gasteiger partial charge in [-0.25, -0.2) is 4.98 Å². The smallest absolute Gasteiger partial charge is 0.135 e. The third-order valence-electron chi connectivity index (χ3n) is 7.48. The van der Waals surface area contributed by atoms with Gasteiger partial charge in [-0.3, -0.25) is 0 Å². The van der Waals surface area contributed by atoms with Gasteiger partial charge in [0, 0.05) is 57.2 Å². The lowest BCUT2D eigenvalue weighted by atomic mass is 9.85. The monoisotopic (exact) mass is 438 g/mol. The molecule has 1 aromatic heterocycles. The maximum Gasteiger partial charge on any atom is 0.135 e. The number of nitrogens with one attached hydrogen (secondary N) is 1. The maximum absolute atomic E-state index is 11.6. The van der Waals surface area contributed by atoms with Crippen LogP contribution in [0, 0.1) is 5.92 Å². The van der Waals surface area contributed by atoms with Crippen LogP contribution in [0.1, 0.15) is 38.2 Å². The fraction of sp³-hybridized carbons (Fsp3) is 0.560. The van der Waals surface area contributed by atoms with Gasteiger partial charge in [0.2, 0.25) is 0 Å². The number of aliphatic hydroxyl groups is 1. The number of anilines is 4. The molecule has 1 saturated carbocycles. The molecule has 0 spiro atoms. The van der Waals surface area contributed by atoms with Crippen molar-refractivity contribution in [3.05, 3.63) is 42.1 Å². The van der Waals surface area contributed by atoms with Crippen LogP contribution in [0.25, 0.3) is 0 Å². The highest BCUT2D eigenvalue weighted by atomic mass is 16.5. The van der Waals surface area contributed by atoms with Crippen molar-refractivity contribution >= 4 is 22.9 Å². The van der Waals surface area contributed by atoms with Crippen LogP contribution in [0.2, 0.25) is 0 Å². The van der Waals surface area contributed by atoms with Gasteiger partial charge < -0.3 is 29.7 Å². The summed E-state index contributed by atoms with van der Waals surface area (Å²) < 4.78 is 11.2. The predicted octanol–water partition coefficient (Wildman–Crippen LogP) is 3.89. The quantitative estimate of drug-likeness (QED) is 0.734. The number of hydrogen-bond donors (Lipinski definition) is 2. The molecule has 1 saturated heterocycles. The van der Waals surface area contributed by atoms with Crippen molar-refractivity contribution in [2.45, 2.75) is 57.1 Å². The molecule has 2 fully saturated rings. The van der Waals surface area contributed by atoms with Crippen LogP contribution >= 0.6 is 0 Å². The molecule has 1 atom stereocenters. The van der Waals surface area contributed by atoms with Crippen molar-refractivity contribution in [2.24, 2.45) is 5.92 Å². The first kappa shape index (κ1) is 21.5. The second-order valence-corrected chi connectivity index (χ2v) is 9.66. The van der Waals surface area contributed by atoms with Crippen molar-refractivity contribution in [1.29, 1.82) is 0 Å². The van der Waals surface area contributed by atoms with Crippen molar-refractivity contribution in [3.63, 3.8) is 0 Å². The highest BCUT2D eigenvalue weighted by Crippen LogP contribution is 2.42. The Kier molecular flexibility index (Phi) is 5.73. The van der Waals surface area contributed by atoms with Crippen LogP contribution in [0.4, 0.5) is 22.9 Å². The minimum atomic E-state index is -0.560. The summed E-state index contributed by atoms with van der Waals surface area (Å²) in [5.41, 5.74) is 4.15. The summed E-state index contributed by atoms with van der Waals surface area (Å²) >= 11 is 0. The molecule has 32 heavy (non-hydrogen) atoms. The first-order chi connectivity index (χ1) is 15.5. The molecular formula is C25H34N4O3. The summed E-state index contributed by atoms with van der Waals surface area (Å²) in [6, 6.07) is 10.5. The van der Waals surface area contributed by atoms with Crippen molar-refractivity contribution < 1.29 is 14.6 Å². The number of aromatic nitrogens is 1. The van der Waals surface area contributed by atoms with E-state index in [0.717, 1.165) is 67.2 Å². The van der Waals surface area contributed by atoms with E-state index in [-0.39, 0.29) is 11.5 Å². The number of fused-ring (bicyclic) bond motifs is 2. The number of aliphatic hydroxyl groups excluding tert-OH is 1.